The molecule has 1 aromatic rings. The van der Waals surface area contributed by atoms with E-state index in [4.69, 9.17) is 35.4 Å². The monoisotopic (exact) mass is 499 g/mol. The molecule has 0 aliphatic carbocycles. The number of benzene rings is 1. The van der Waals surface area contributed by atoms with Gasteiger partial charge in [0.05, 0.1) is 11.2 Å². The van der Waals surface area contributed by atoms with Crippen molar-refractivity contribution < 1.29 is 0 Å². The summed E-state index contributed by atoms with van der Waals surface area (Å²) in [6.45, 7) is 3.16. The number of thiocarbonyl (C=S) groups is 1. The first-order chi connectivity index (χ1) is 15.6. The molecule has 0 radical (unpaired) electrons. The van der Waals surface area contributed by atoms with Gasteiger partial charge in [0.25, 0.3) is 0 Å². The van der Waals surface area contributed by atoms with E-state index >= 15 is 0 Å². The molecule has 3 nitrogen and oxygen atoms in total. The fourth-order valence-electron chi connectivity index (χ4n) is 3.68. The molecular weight excluding hydrogens is 457 g/mol. The highest BCUT2D eigenvalue weighted by Gasteiger charge is 1.99. The van der Waals surface area contributed by atoms with Crippen LogP contribution in [0.15, 0.2) is 23.3 Å². The first kappa shape index (κ1) is 29.2. The van der Waals surface area contributed by atoms with E-state index in [-0.39, 0.29) is 0 Å². The van der Waals surface area contributed by atoms with Crippen molar-refractivity contribution in [2.24, 2.45) is 5.10 Å². The number of nitrogens with zero attached hydrogens (tertiary/aromatic N) is 1. The maximum Gasteiger partial charge on any atom is 0.186 e. The molecule has 0 atom stereocenters. The summed E-state index contributed by atoms with van der Waals surface area (Å²) in [4.78, 5) is 0. The van der Waals surface area contributed by atoms with Crippen molar-refractivity contribution in [2.45, 2.75) is 110 Å². The highest BCUT2D eigenvalue weighted by Crippen LogP contribution is 2.19. The Bertz CT molecular complexity index is 637. The number of hydrogen-bond acceptors (Lipinski definition) is 2. The molecule has 0 fully saturated rings. The highest BCUT2D eigenvalue weighted by atomic mass is 35.5. The van der Waals surface area contributed by atoms with Crippen molar-refractivity contribution in [2.75, 3.05) is 6.54 Å². The van der Waals surface area contributed by atoms with Crippen LogP contribution in [0.2, 0.25) is 10.0 Å². The summed E-state index contributed by atoms with van der Waals surface area (Å²) in [6, 6.07) is 5.30. The van der Waals surface area contributed by atoms with Crippen LogP contribution in [-0.2, 0) is 0 Å². The van der Waals surface area contributed by atoms with Crippen molar-refractivity contribution in [1.82, 2.24) is 10.7 Å². The molecule has 2 N–H and O–H groups in total. The Kier molecular flexibility index (Phi) is 18.9. The molecule has 0 saturated heterocycles. The van der Waals surface area contributed by atoms with Crippen LogP contribution in [0, 0.1) is 0 Å². The van der Waals surface area contributed by atoms with Gasteiger partial charge in [0.2, 0.25) is 0 Å². The van der Waals surface area contributed by atoms with Gasteiger partial charge < -0.3 is 5.32 Å². The molecule has 6 heteroatoms. The van der Waals surface area contributed by atoms with Gasteiger partial charge in [-0.05, 0) is 30.8 Å². The number of hydrogen-bond donors (Lipinski definition) is 2. The Morgan fingerprint density at radius 1 is 0.812 bits per heavy atom. The lowest BCUT2D eigenvalue weighted by molar-refractivity contribution is 0.529. The summed E-state index contributed by atoms with van der Waals surface area (Å²) in [7, 11) is 0. The average Bonchev–Trinajstić information content (AvgIpc) is 2.77. The van der Waals surface area contributed by atoms with E-state index in [1.165, 1.54) is 96.3 Å². The van der Waals surface area contributed by atoms with Crippen LogP contribution in [0.25, 0.3) is 0 Å². The molecule has 0 aliphatic rings. The molecular formula is C26H43Cl2N3S. The second kappa shape index (κ2) is 20.7. The second-order valence-electron chi connectivity index (χ2n) is 8.60. The predicted octanol–water partition coefficient (Wildman–Crippen LogP) is 9.05. The Morgan fingerprint density at radius 2 is 1.31 bits per heavy atom. The van der Waals surface area contributed by atoms with Gasteiger partial charge in [-0.25, -0.2) is 0 Å². The Morgan fingerprint density at radius 3 is 1.81 bits per heavy atom. The Hall–Kier alpha value is -0.840. The van der Waals surface area contributed by atoms with E-state index in [1.54, 1.807) is 18.3 Å². The first-order valence-electron chi connectivity index (χ1n) is 12.7. The van der Waals surface area contributed by atoms with Crippen LogP contribution in [0.3, 0.4) is 0 Å². The lowest BCUT2D eigenvalue weighted by Crippen LogP contribution is -2.32. The minimum atomic E-state index is 0.535. The van der Waals surface area contributed by atoms with E-state index in [1.807, 2.05) is 6.07 Å². The molecule has 0 bridgehead atoms. The maximum atomic E-state index is 6.11. The highest BCUT2D eigenvalue weighted by molar-refractivity contribution is 7.80. The van der Waals surface area contributed by atoms with E-state index in [9.17, 15) is 0 Å². The Labute approximate surface area is 212 Å². The number of halogens is 2. The third kappa shape index (κ3) is 16.7. The molecule has 1 aromatic carbocycles. The number of hydrazone groups is 1. The summed E-state index contributed by atoms with van der Waals surface area (Å²) < 4.78 is 0. The topological polar surface area (TPSA) is 36.4 Å². The fraction of sp³-hybridized carbons (Fsp3) is 0.692. The standard InChI is InChI=1S/C26H43Cl2N3S/c1-2-3-4-5-6-7-8-9-10-11-12-13-14-15-16-17-20-29-26(32)31-30-22-23-18-19-24(27)21-25(23)28/h18-19,21-22H,2-17,20H2,1H3,(H2,29,31,32)/b30-22-. The third-order valence-electron chi connectivity index (χ3n) is 5.65. The van der Waals surface area contributed by atoms with Crippen LogP contribution >= 0.6 is 35.4 Å². The maximum absolute atomic E-state index is 6.11. The zero-order valence-corrected chi connectivity index (χ0v) is 22.3. The van der Waals surface area contributed by atoms with Crippen LogP contribution in [0.4, 0.5) is 0 Å². The van der Waals surface area contributed by atoms with Gasteiger partial charge in [0, 0.05) is 17.1 Å². The fourth-order valence-corrected chi connectivity index (χ4v) is 4.29. The lowest BCUT2D eigenvalue weighted by atomic mass is 10.0. The molecule has 1 rings (SSSR count). The van der Waals surface area contributed by atoms with Crippen LogP contribution in [0.1, 0.15) is 115 Å². The largest absolute Gasteiger partial charge is 0.361 e. The smallest absolute Gasteiger partial charge is 0.186 e. The van der Waals surface area contributed by atoms with Gasteiger partial charge in [-0.1, -0.05) is 133 Å². The zero-order chi connectivity index (χ0) is 23.3. The van der Waals surface area contributed by atoms with E-state index in [0.717, 1.165) is 18.5 Å². The van der Waals surface area contributed by atoms with Gasteiger partial charge >= 0.3 is 0 Å². The second-order valence-corrected chi connectivity index (χ2v) is 9.85. The SMILES string of the molecule is CCCCCCCCCCCCCCCCCCNC(=S)N/N=C\c1ccc(Cl)cc1Cl. The van der Waals surface area contributed by atoms with Crippen LogP contribution < -0.4 is 10.7 Å². The molecule has 182 valence electrons. The molecule has 0 spiro atoms. The molecule has 0 unspecified atom stereocenters. The zero-order valence-electron chi connectivity index (χ0n) is 19.9. The van der Waals surface area contributed by atoms with Gasteiger partial charge in [-0.3, -0.25) is 5.43 Å². The molecule has 0 saturated carbocycles. The van der Waals surface area contributed by atoms with E-state index < -0.39 is 0 Å². The van der Waals surface area contributed by atoms with E-state index in [0.29, 0.717) is 15.2 Å². The molecule has 32 heavy (non-hydrogen) atoms. The summed E-state index contributed by atoms with van der Waals surface area (Å²) in [6.07, 6.45) is 23.7. The Balaban J connectivity index is 1.84. The number of nitrogens with one attached hydrogen (secondary N) is 2. The van der Waals surface area contributed by atoms with Crippen molar-refractivity contribution in [3.05, 3.63) is 33.8 Å². The summed E-state index contributed by atoms with van der Waals surface area (Å²) in [5.41, 5.74) is 3.62. The van der Waals surface area contributed by atoms with Gasteiger partial charge in [0.15, 0.2) is 5.11 Å². The van der Waals surface area contributed by atoms with Crippen molar-refractivity contribution >= 4 is 46.7 Å². The lowest BCUT2D eigenvalue weighted by Gasteiger charge is -2.07. The number of unbranched alkanes of at least 4 members (excludes halogenated alkanes) is 15. The van der Waals surface area contributed by atoms with Gasteiger partial charge in [-0.15, -0.1) is 0 Å². The molecule has 0 heterocycles. The normalized spacial score (nSPS) is 11.2. The van der Waals surface area contributed by atoms with Crippen LogP contribution in [-0.4, -0.2) is 17.9 Å². The summed E-state index contributed by atoms with van der Waals surface area (Å²) >= 11 is 17.2. The van der Waals surface area contributed by atoms with Crippen molar-refractivity contribution in [1.29, 1.82) is 0 Å². The molecule has 0 aliphatic heterocycles. The van der Waals surface area contributed by atoms with Crippen molar-refractivity contribution in [3.8, 4) is 0 Å². The quantitative estimate of drug-likeness (QED) is 0.0861. The minimum absolute atomic E-state index is 0.535. The minimum Gasteiger partial charge on any atom is -0.361 e. The summed E-state index contributed by atoms with van der Waals surface area (Å²) in [5.74, 6) is 0. The van der Waals surface area contributed by atoms with Crippen LogP contribution in [0.5, 0.6) is 0 Å². The molecule has 0 aromatic heterocycles. The van der Waals surface area contributed by atoms with Gasteiger partial charge in [-0.2, -0.15) is 5.10 Å². The van der Waals surface area contributed by atoms with E-state index in [2.05, 4.69) is 22.8 Å². The number of rotatable bonds is 19. The third-order valence-corrected chi connectivity index (χ3v) is 6.45. The summed E-state index contributed by atoms with van der Waals surface area (Å²) in [5, 5.41) is 9.02. The molecule has 0 amide bonds. The predicted molar refractivity (Wildman–Crippen MR) is 147 cm³/mol. The average molecular weight is 501 g/mol. The first-order valence-corrected chi connectivity index (χ1v) is 13.8. The van der Waals surface area contributed by atoms with Gasteiger partial charge in [0.1, 0.15) is 0 Å². The van der Waals surface area contributed by atoms with Crippen molar-refractivity contribution in [3.63, 3.8) is 0 Å².